The van der Waals surface area contributed by atoms with Gasteiger partial charge in [-0.2, -0.15) is 65.9 Å². The molecule has 2 amide bonds. The average Bonchev–Trinajstić information content (AvgIpc) is 3.26. The van der Waals surface area contributed by atoms with Crippen LogP contribution in [0, 0.1) is 0 Å². The number of alkyl halides is 19. The number of benzene rings is 2. The van der Waals surface area contributed by atoms with E-state index in [1.807, 2.05) is 35.7 Å². The molecule has 36 heteroatoms. The first-order valence-corrected chi connectivity index (χ1v) is 40.0. The van der Waals surface area contributed by atoms with Gasteiger partial charge in [0.25, 0.3) is 0 Å². The van der Waals surface area contributed by atoms with Crippen LogP contribution >= 0.6 is 0 Å². The monoisotopic (exact) mass is 1270 g/mol. The van der Waals surface area contributed by atoms with Crippen LogP contribution in [0.5, 0.6) is 0 Å². The molecule has 0 bridgehead atoms. The average molecular weight is 1270 g/mol. The molecule has 0 saturated heterocycles. The Balaban J connectivity index is 2.80. The van der Waals surface area contributed by atoms with Gasteiger partial charge in [-0.05, 0) is 75.6 Å². The van der Waals surface area contributed by atoms with Crippen molar-refractivity contribution in [3.8, 4) is 0 Å². The second-order valence-corrected chi connectivity index (χ2v) is 44.6. The third-order valence-electron chi connectivity index (χ3n) is 11.8. The Kier molecular flexibility index (Phi) is 22.7. The lowest BCUT2D eigenvalue weighted by Crippen LogP contribution is -2.66. The van der Waals surface area contributed by atoms with Gasteiger partial charge in [0.1, 0.15) is 6.61 Å². The zero-order chi connectivity index (χ0) is 61.0. The molecule has 0 N–H and O–H groups in total. The van der Waals surface area contributed by atoms with Gasteiger partial charge in [0.05, 0.1) is 16.1 Å². The molecule has 0 aliphatic rings. The number of rotatable bonds is 31. The van der Waals surface area contributed by atoms with Crippen molar-refractivity contribution in [1.82, 2.24) is 0 Å². The van der Waals surface area contributed by atoms with E-state index in [9.17, 15) is 75.4 Å². The molecule has 2 aromatic rings. The molecule has 1 radical (unpaired) electrons. The molecule has 2 unspecified atom stereocenters. The van der Waals surface area contributed by atoms with E-state index in [-0.39, 0.29) is 12.1 Å². The van der Waals surface area contributed by atoms with Gasteiger partial charge in [-0.1, -0.05) is 72.9 Å². The van der Waals surface area contributed by atoms with Gasteiger partial charge >= 0.3 is 63.7 Å². The molecule has 0 aromatic heterocycles. The Morgan fingerprint density at radius 3 is 1.28 bits per heavy atom. The molecule has 449 valence electrons. The Bertz CT molecular complexity index is 2230. The minimum atomic E-state index is -8.01. The van der Waals surface area contributed by atoms with Crippen molar-refractivity contribution in [3.63, 3.8) is 0 Å². The largest absolute Gasteiger partial charge is 0.527 e. The second-order valence-electron chi connectivity index (χ2n) is 20.8. The van der Waals surface area contributed by atoms with E-state index in [2.05, 4.69) is 9.47 Å². The van der Waals surface area contributed by atoms with E-state index in [1.165, 1.54) is 63.2 Å². The fourth-order valence-electron chi connectivity index (χ4n) is 7.21. The first-order chi connectivity index (χ1) is 34.7. The number of anilines is 2. The molecular formula is C42H60F19N2O9Si6. The normalized spacial score (nSPS) is 16.0. The van der Waals surface area contributed by atoms with Crippen molar-refractivity contribution in [2.75, 3.05) is 30.5 Å². The summed E-state index contributed by atoms with van der Waals surface area (Å²) in [5.74, 6) is -14.3. The summed E-state index contributed by atoms with van der Waals surface area (Å²) in [6, 6.07) is 13.0. The van der Waals surface area contributed by atoms with E-state index >= 15 is 17.6 Å². The lowest BCUT2D eigenvalue weighted by atomic mass is 10.2. The fraction of sp³-hybridized carbons (Fsp3) is 0.667. The third-order valence-corrected chi connectivity index (χ3v) is 33.1. The van der Waals surface area contributed by atoms with Gasteiger partial charge in [0, 0.05) is 37.9 Å². The van der Waals surface area contributed by atoms with Crippen LogP contribution in [0.25, 0.3) is 0 Å². The highest BCUT2D eigenvalue weighted by atomic mass is 28.5. The van der Waals surface area contributed by atoms with Gasteiger partial charge in [0.2, 0.25) is 12.8 Å². The lowest BCUT2D eigenvalue weighted by Gasteiger charge is -2.45. The van der Waals surface area contributed by atoms with Crippen molar-refractivity contribution >= 4 is 85.2 Å². The number of nitrogens with zero attached hydrogens (tertiary/aromatic N) is 2. The maximum Gasteiger partial charge on any atom is 0.527 e. The fourth-order valence-corrected chi connectivity index (χ4v) is 33.3. The van der Waals surface area contributed by atoms with E-state index < -0.39 is 125 Å². The summed E-state index contributed by atoms with van der Waals surface area (Å²) < 4.78 is 300. The molecule has 11 nitrogen and oxygen atoms in total. The van der Waals surface area contributed by atoms with E-state index in [4.69, 9.17) is 12.3 Å². The van der Waals surface area contributed by atoms with Gasteiger partial charge in [0.15, 0.2) is 25.7 Å². The number of carbonyl (C=O) groups excluding carboxylic acids is 2. The lowest BCUT2D eigenvalue weighted by molar-refractivity contribution is -0.558. The van der Waals surface area contributed by atoms with Crippen LogP contribution in [-0.2, 0) is 40.9 Å². The Hall–Kier alpha value is -2.93. The Morgan fingerprint density at radius 2 is 0.936 bits per heavy atom. The van der Waals surface area contributed by atoms with E-state index in [0.717, 1.165) is 10.4 Å². The highest BCUT2D eigenvalue weighted by Crippen LogP contribution is 2.56. The van der Waals surface area contributed by atoms with Crippen molar-refractivity contribution < 1.29 is 124 Å². The predicted molar refractivity (Wildman–Crippen MR) is 261 cm³/mol. The molecule has 0 saturated carbocycles. The zero-order valence-corrected chi connectivity index (χ0v) is 50.0. The number of halogens is 19. The maximum atomic E-state index is 16.6. The summed E-state index contributed by atoms with van der Waals surface area (Å²) in [7, 11) is -16.8. The molecule has 78 heavy (non-hydrogen) atoms. The summed E-state index contributed by atoms with van der Waals surface area (Å²) in [5.41, 5.74) is 1.04. The number of hydrogen-bond donors (Lipinski definition) is 0. The SMILES string of the molecule is CN(C=O)c1cccc([Si](C)(C)CC[Si](C)(C)O[Si](CCC(F)(OC(F)(F)C(F)(OC(F)(F)C(F)(F)OCC(F)(F)OC(F)(F)F)C(F)(F)F)C(F)(F)F)(O[Si](C)C)O[Si](C)(C)CC[Si](C)(C)c2cccc(N(C)C=O)c2)c1. The van der Waals surface area contributed by atoms with Crippen molar-refractivity contribution in [2.45, 2.75) is 157 Å². The zero-order valence-electron chi connectivity index (χ0n) is 44.0. The van der Waals surface area contributed by atoms with Crippen LogP contribution in [0.1, 0.15) is 6.42 Å². The molecule has 0 aliphatic heterocycles. The van der Waals surface area contributed by atoms with Crippen LogP contribution in [0.3, 0.4) is 0 Å². The maximum absolute atomic E-state index is 16.6. The molecule has 2 rings (SSSR count). The van der Waals surface area contributed by atoms with Crippen molar-refractivity contribution in [3.05, 3.63) is 48.5 Å². The van der Waals surface area contributed by atoms with Crippen molar-refractivity contribution in [2.24, 2.45) is 0 Å². The van der Waals surface area contributed by atoms with Crippen LogP contribution < -0.4 is 20.2 Å². The standard InChI is InChI=1S/C42H60F19N2O9Si6/c1-62(28-64)30-15-13-17-32(25-30)74(5,6)21-23-76(9,10)71-78(70-73(3)4,72-77(11,12)24-22-75(7,8)33-18-14-16-31(26-33)63(2)29-65)20-19-34(43,37(47,48)49)67-39(53,54)36(46,38(50,51)52)69-41(57,58)40(55,56)66-27-35(44,45)68-42(59,60)61/h13-18,25-26,28-29H,19-24,27H2,1-12H3. The van der Waals surface area contributed by atoms with Crippen LogP contribution in [0.4, 0.5) is 94.8 Å². The second kappa shape index (κ2) is 24.9. The quantitative estimate of drug-likeness (QED) is 0.0415. The summed E-state index contributed by atoms with van der Waals surface area (Å²) in [4.78, 5) is 25.6. The molecule has 0 fully saturated rings. The summed E-state index contributed by atoms with van der Waals surface area (Å²) in [5, 5.41) is 1.63. The van der Waals surface area contributed by atoms with E-state index in [1.54, 1.807) is 48.5 Å². The summed E-state index contributed by atoms with van der Waals surface area (Å²) in [6.45, 7) is 12.9. The van der Waals surface area contributed by atoms with E-state index in [0.29, 0.717) is 36.3 Å². The number of carbonyl (C=O) groups is 2. The number of amides is 2. The Labute approximate surface area is 444 Å². The minimum absolute atomic E-state index is 0.113. The topological polar surface area (TPSA) is 105 Å². The molecule has 0 spiro atoms. The first-order valence-electron chi connectivity index (χ1n) is 23.0. The number of ether oxygens (including phenoxy) is 4. The first kappa shape index (κ1) is 71.2. The highest BCUT2D eigenvalue weighted by molar-refractivity contribution is 6.93. The molecule has 0 aliphatic carbocycles. The van der Waals surface area contributed by atoms with Gasteiger partial charge in [-0.3, -0.25) is 19.1 Å². The van der Waals surface area contributed by atoms with Gasteiger partial charge in [-0.25, -0.2) is 9.13 Å². The van der Waals surface area contributed by atoms with Crippen LogP contribution in [-0.4, -0.2) is 139 Å². The molecule has 2 atom stereocenters. The smallest absolute Gasteiger partial charge is 0.417 e. The third kappa shape index (κ3) is 19.3. The van der Waals surface area contributed by atoms with Crippen LogP contribution in [0.15, 0.2) is 48.5 Å². The molecule has 2 aromatic carbocycles. The summed E-state index contributed by atoms with van der Waals surface area (Å²) >= 11 is 0. The minimum Gasteiger partial charge on any atom is -0.417 e. The predicted octanol–water partition coefficient (Wildman–Crippen LogP) is 12.9. The number of hydrogen-bond acceptors (Lipinski definition) is 9. The summed E-state index contributed by atoms with van der Waals surface area (Å²) in [6.07, 6.45) is -51.9. The molecular weight excluding hydrogens is 1210 g/mol. The Morgan fingerprint density at radius 1 is 0.526 bits per heavy atom. The highest BCUT2D eigenvalue weighted by Gasteiger charge is 2.82. The van der Waals surface area contributed by atoms with Gasteiger partial charge < -0.3 is 26.9 Å². The molecule has 0 heterocycles. The van der Waals surface area contributed by atoms with Crippen LogP contribution in [0.2, 0.25) is 95.7 Å². The van der Waals surface area contributed by atoms with Crippen molar-refractivity contribution in [1.29, 1.82) is 0 Å². The van der Waals surface area contributed by atoms with Gasteiger partial charge in [-0.15, -0.1) is 13.2 Å².